The summed E-state index contributed by atoms with van der Waals surface area (Å²) in [5.74, 6) is 0.516. The fourth-order valence-corrected chi connectivity index (χ4v) is 1.84. The van der Waals surface area contributed by atoms with Crippen molar-refractivity contribution in [1.29, 1.82) is 0 Å². The molecule has 0 saturated carbocycles. The van der Waals surface area contributed by atoms with Gasteiger partial charge in [0.05, 0.1) is 0 Å². The molecule has 2 aromatic rings. The summed E-state index contributed by atoms with van der Waals surface area (Å²) in [6, 6.07) is 6.12. The van der Waals surface area contributed by atoms with Crippen LogP contribution in [0.15, 0.2) is 24.5 Å². The molecule has 0 aliphatic carbocycles. The van der Waals surface area contributed by atoms with Crippen LogP contribution in [0.1, 0.15) is 28.6 Å². The minimum Gasteiger partial charge on any atom is -0.385 e. The van der Waals surface area contributed by atoms with Gasteiger partial charge in [-0.25, -0.2) is 4.98 Å². The number of aliphatic hydroxyl groups excluding tert-OH is 1. The van der Waals surface area contributed by atoms with Crippen molar-refractivity contribution in [2.75, 3.05) is 0 Å². The average molecular weight is 217 g/mol. The molecule has 1 aromatic carbocycles. The van der Waals surface area contributed by atoms with E-state index in [1.165, 1.54) is 23.0 Å². The Balaban J connectivity index is 2.21. The Bertz CT molecular complexity index is 445. The fraction of sp³-hybridized carbons (Fsp3) is 0.333. The zero-order valence-electron chi connectivity index (χ0n) is 9.44. The SMILES string of the molecule is Cc1cccc(C)c1CC(O)c1ncn[nH]1. The van der Waals surface area contributed by atoms with Crippen molar-refractivity contribution >= 4 is 0 Å². The first-order valence-corrected chi connectivity index (χ1v) is 5.27. The fourth-order valence-electron chi connectivity index (χ4n) is 1.84. The Labute approximate surface area is 94.4 Å². The lowest BCUT2D eigenvalue weighted by molar-refractivity contribution is 0.168. The number of nitrogens with zero attached hydrogens (tertiary/aromatic N) is 2. The minimum absolute atomic E-state index is 0.516. The molecule has 0 radical (unpaired) electrons. The van der Waals surface area contributed by atoms with Crippen LogP contribution in [0.4, 0.5) is 0 Å². The van der Waals surface area contributed by atoms with Gasteiger partial charge in [-0.3, -0.25) is 5.10 Å². The molecule has 0 aliphatic rings. The van der Waals surface area contributed by atoms with Gasteiger partial charge in [-0.2, -0.15) is 5.10 Å². The van der Waals surface area contributed by atoms with E-state index in [2.05, 4.69) is 41.2 Å². The van der Waals surface area contributed by atoms with E-state index in [1.807, 2.05) is 6.07 Å². The van der Waals surface area contributed by atoms with Crippen LogP contribution in [-0.4, -0.2) is 20.3 Å². The lowest BCUT2D eigenvalue weighted by Crippen LogP contribution is -2.06. The summed E-state index contributed by atoms with van der Waals surface area (Å²) in [5, 5.41) is 16.4. The van der Waals surface area contributed by atoms with E-state index in [0.717, 1.165) is 0 Å². The van der Waals surface area contributed by atoms with Gasteiger partial charge in [-0.15, -0.1) is 0 Å². The monoisotopic (exact) mass is 217 g/mol. The summed E-state index contributed by atoms with van der Waals surface area (Å²) < 4.78 is 0. The van der Waals surface area contributed by atoms with Crippen LogP contribution in [0.5, 0.6) is 0 Å². The molecule has 0 amide bonds. The topological polar surface area (TPSA) is 61.8 Å². The number of H-pyrrole nitrogens is 1. The van der Waals surface area contributed by atoms with Crippen LogP contribution < -0.4 is 0 Å². The summed E-state index contributed by atoms with van der Waals surface area (Å²) in [5.41, 5.74) is 3.56. The maximum Gasteiger partial charge on any atom is 0.153 e. The highest BCUT2D eigenvalue weighted by molar-refractivity contribution is 5.34. The third-order valence-corrected chi connectivity index (χ3v) is 2.79. The first-order chi connectivity index (χ1) is 7.68. The third kappa shape index (κ3) is 2.12. The molecule has 0 bridgehead atoms. The molecule has 4 heteroatoms. The smallest absolute Gasteiger partial charge is 0.153 e. The summed E-state index contributed by atoms with van der Waals surface area (Å²) in [7, 11) is 0. The van der Waals surface area contributed by atoms with E-state index in [0.29, 0.717) is 12.2 Å². The number of aromatic nitrogens is 3. The molecule has 1 atom stereocenters. The van der Waals surface area contributed by atoms with Gasteiger partial charge in [-0.05, 0) is 30.5 Å². The van der Waals surface area contributed by atoms with Gasteiger partial charge in [0.2, 0.25) is 0 Å². The number of hydrogen-bond donors (Lipinski definition) is 2. The van der Waals surface area contributed by atoms with Crippen molar-refractivity contribution in [2.45, 2.75) is 26.4 Å². The van der Waals surface area contributed by atoms with Crippen molar-refractivity contribution in [2.24, 2.45) is 0 Å². The molecule has 16 heavy (non-hydrogen) atoms. The molecule has 2 N–H and O–H groups in total. The molecule has 0 fully saturated rings. The molecule has 0 saturated heterocycles. The van der Waals surface area contributed by atoms with Gasteiger partial charge >= 0.3 is 0 Å². The van der Waals surface area contributed by atoms with Crippen LogP contribution in [0.2, 0.25) is 0 Å². The van der Waals surface area contributed by atoms with Gasteiger partial charge in [0.1, 0.15) is 12.4 Å². The van der Waals surface area contributed by atoms with E-state index in [-0.39, 0.29) is 0 Å². The van der Waals surface area contributed by atoms with Gasteiger partial charge in [-0.1, -0.05) is 18.2 Å². The summed E-state index contributed by atoms with van der Waals surface area (Å²) in [6.07, 6.45) is 1.35. The molecular formula is C12H15N3O. The number of aromatic amines is 1. The molecule has 1 unspecified atom stereocenters. The number of benzene rings is 1. The Kier molecular flexibility index (Phi) is 3.01. The van der Waals surface area contributed by atoms with E-state index < -0.39 is 6.10 Å². The van der Waals surface area contributed by atoms with E-state index in [4.69, 9.17) is 0 Å². The molecule has 0 aliphatic heterocycles. The van der Waals surface area contributed by atoms with Crippen LogP contribution in [0.3, 0.4) is 0 Å². The molecule has 4 nitrogen and oxygen atoms in total. The highest BCUT2D eigenvalue weighted by Gasteiger charge is 2.13. The highest BCUT2D eigenvalue weighted by Crippen LogP contribution is 2.20. The highest BCUT2D eigenvalue weighted by atomic mass is 16.3. The predicted molar refractivity (Wildman–Crippen MR) is 61.0 cm³/mol. The van der Waals surface area contributed by atoms with Crippen molar-refractivity contribution in [3.05, 3.63) is 47.0 Å². The largest absolute Gasteiger partial charge is 0.385 e. The van der Waals surface area contributed by atoms with Crippen molar-refractivity contribution in [3.63, 3.8) is 0 Å². The first-order valence-electron chi connectivity index (χ1n) is 5.27. The lowest BCUT2D eigenvalue weighted by atomic mass is 9.97. The standard InChI is InChI=1S/C12H15N3O/c1-8-4-3-5-9(2)10(8)6-11(16)12-13-7-14-15-12/h3-5,7,11,16H,6H2,1-2H3,(H,13,14,15). The second-order valence-electron chi connectivity index (χ2n) is 3.96. The zero-order chi connectivity index (χ0) is 11.5. The van der Waals surface area contributed by atoms with E-state index in [1.54, 1.807) is 0 Å². The van der Waals surface area contributed by atoms with Crippen LogP contribution >= 0.6 is 0 Å². The van der Waals surface area contributed by atoms with E-state index >= 15 is 0 Å². The molecular weight excluding hydrogens is 202 g/mol. The first kappa shape index (κ1) is 10.8. The Morgan fingerprint density at radius 1 is 1.31 bits per heavy atom. The van der Waals surface area contributed by atoms with Gasteiger partial charge < -0.3 is 5.11 Å². The normalized spacial score (nSPS) is 12.7. The number of aliphatic hydroxyl groups is 1. The number of rotatable bonds is 3. The molecule has 2 rings (SSSR count). The number of aryl methyl sites for hydroxylation is 2. The number of nitrogens with one attached hydrogen (secondary N) is 1. The lowest BCUT2D eigenvalue weighted by Gasteiger charge is -2.12. The van der Waals surface area contributed by atoms with Crippen molar-refractivity contribution in [1.82, 2.24) is 15.2 Å². The van der Waals surface area contributed by atoms with Crippen molar-refractivity contribution in [3.8, 4) is 0 Å². The summed E-state index contributed by atoms with van der Waals surface area (Å²) in [4.78, 5) is 3.95. The Morgan fingerprint density at radius 2 is 2.00 bits per heavy atom. The van der Waals surface area contributed by atoms with Crippen LogP contribution in [0, 0.1) is 13.8 Å². The third-order valence-electron chi connectivity index (χ3n) is 2.79. The predicted octanol–water partition coefficient (Wildman–Crippen LogP) is 1.70. The average Bonchev–Trinajstić information content (AvgIpc) is 2.76. The second-order valence-corrected chi connectivity index (χ2v) is 3.96. The number of hydrogen-bond acceptors (Lipinski definition) is 3. The van der Waals surface area contributed by atoms with Crippen LogP contribution in [0.25, 0.3) is 0 Å². The maximum atomic E-state index is 9.98. The zero-order valence-corrected chi connectivity index (χ0v) is 9.44. The van der Waals surface area contributed by atoms with Gasteiger partial charge in [0.15, 0.2) is 5.82 Å². The van der Waals surface area contributed by atoms with Gasteiger partial charge in [0.25, 0.3) is 0 Å². The quantitative estimate of drug-likeness (QED) is 0.822. The van der Waals surface area contributed by atoms with Crippen molar-refractivity contribution < 1.29 is 5.11 Å². The molecule has 1 aromatic heterocycles. The van der Waals surface area contributed by atoms with E-state index in [9.17, 15) is 5.11 Å². The Hall–Kier alpha value is -1.68. The minimum atomic E-state index is -0.623. The Morgan fingerprint density at radius 3 is 2.56 bits per heavy atom. The second kappa shape index (κ2) is 4.45. The van der Waals surface area contributed by atoms with Crippen LogP contribution in [-0.2, 0) is 6.42 Å². The summed E-state index contributed by atoms with van der Waals surface area (Å²) in [6.45, 7) is 4.10. The molecule has 0 spiro atoms. The molecule has 84 valence electrons. The summed E-state index contributed by atoms with van der Waals surface area (Å²) >= 11 is 0. The molecule has 1 heterocycles. The van der Waals surface area contributed by atoms with Gasteiger partial charge in [0, 0.05) is 6.42 Å². The maximum absolute atomic E-state index is 9.98.